The number of hydrogen-bond acceptors (Lipinski definition) is 5. The van der Waals surface area contributed by atoms with Crippen LogP contribution in [0.15, 0.2) is 36.5 Å². The standard InChI is InChI=1S/C55H107N2O6P/c1-6-8-10-12-14-16-18-20-21-22-23-24-25-26-27-28-29-30-31-32-33-34-35-37-39-41-43-45-47-49-55(59)56-53(52-63-64(60,61)62-51-50-57(3,4)5)54(58)48-46-44-42-40-38-36-19-17-15-13-11-9-7-2/h18,20,22-23,46,48,53-54,58H,6-17,19,21,24-45,47,49-52H2,1-5H3,(H-,56,59,60,61)/p+1/b20-18-,23-22-,48-46+. The van der Waals surface area contributed by atoms with Crippen molar-refractivity contribution >= 4 is 13.7 Å². The number of rotatable bonds is 50. The molecule has 1 amide bonds. The normalized spacial score (nSPS) is 14.3. The molecule has 0 radical (unpaired) electrons. The number of unbranched alkanes of at least 4 members (excludes halogenated alkanes) is 33. The third-order valence-electron chi connectivity index (χ3n) is 12.4. The van der Waals surface area contributed by atoms with Crippen LogP contribution in [0.4, 0.5) is 0 Å². The van der Waals surface area contributed by atoms with Crippen molar-refractivity contribution in [3.63, 3.8) is 0 Å². The number of phosphoric acid groups is 1. The second kappa shape index (κ2) is 46.8. The average molecular weight is 924 g/mol. The van der Waals surface area contributed by atoms with E-state index in [0.717, 1.165) is 44.9 Å². The van der Waals surface area contributed by atoms with E-state index in [9.17, 15) is 19.4 Å². The van der Waals surface area contributed by atoms with Gasteiger partial charge in [-0.3, -0.25) is 13.8 Å². The SMILES string of the molecule is CCCCCCC/C=C\C/C=C\CCCCCCCCCCCCCCCCCCCC(=O)NC(COP(=O)(O)OCC[N+](C)(C)C)C(O)/C=C/CCCCCCCCCCCCC. The maximum atomic E-state index is 12.9. The monoisotopic (exact) mass is 924 g/mol. The van der Waals surface area contributed by atoms with Crippen LogP contribution in [0.25, 0.3) is 0 Å². The maximum Gasteiger partial charge on any atom is 0.472 e. The Kier molecular flexibility index (Phi) is 45.9. The first-order valence-corrected chi connectivity index (χ1v) is 28.9. The first kappa shape index (κ1) is 62.7. The summed E-state index contributed by atoms with van der Waals surface area (Å²) in [7, 11) is 1.58. The Morgan fingerprint density at radius 2 is 0.891 bits per heavy atom. The zero-order valence-electron chi connectivity index (χ0n) is 43.0. The Hall–Kier alpha value is -1.28. The molecule has 0 aromatic heterocycles. The fourth-order valence-corrected chi connectivity index (χ4v) is 8.75. The molecule has 3 unspecified atom stereocenters. The smallest absolute Gasteiger partial charge is 0.387 e. The van der Waals surface area contributed by atoms with Gasteiger partial charge in [-0.05, 0) is 51.4 Å². The van der Waals surface area contributed by atoms with Crippen molar-refractivity contribution in [2.45, 2.75) is 270 Å². The van der Waals surface area contributed by atoms with Gasteiger partial charge in [-0.1, -0.05) is 237 Å². The summed E-state index contributed by atoms with van der Waals surface area (Å²) in [5, 5.41) is 13.9. The molecule has 64 heavy (non-hydrogen) atoms. The molecule has 0 aromatic rings. The molecule has 0 rings (SSSR count). The summed E-state index contributed by atoms with van der Waals surface area (Å²) in [5.41, 5.74) is 0. The van der Waals surface area contributed by atoms with Gasteiger partial charge in [0.05, 0.1) is 39.9 Å². The van der Waals surface area contributed by atoms with E-state index < -0.39 is 20.0 Å². The van der Waals surface area contributed by atoms with Crippen LogP contribution in [0.3, 0.4) is 0 Å². The fourth-order valence-electron chi connectivity index (χ4n) is 8.01. The first-order chi connectivity index (χ1) is 31.0. The third kappa shape index (κ3) is 48.6. The highest BCUT2D eigenvalue weighted by Crippen LogP contribution is 2.43. The van der Waals surface area contributed by atoms with Crippen LogP contribution in [0.1, 0.15) is 258 Å². The van der Waals surface area contributed by atoms with Crippen molar-refractivity contribution in [2.24, 2.45) is 0 Å². The summed E-state index contributed by atoms with van der Waals surface area (Å²) < 4.78 is 23.6. The molecule has 0 saturated heterocycles. The number of allylic oxidation sites excluding steroid dienone is 5. The fraction of sp³-hybridized carbons (Fsp3) is 0.873. The highest BCUT2D eigenvalue weighted by molar-refractivity contribution is 7.47. The van der Waals surface area contributed by atoms with Gasteiger partial charge in [0.2, 0.25) is 5.91 Å². The summed E-state index contributed by atoms with van der Waals surface area (Å²) in [6.45, 7) is 4.82. The summed E-state index contributed by atoms with van der Waals surface area (Å²) in [6.07, 6.45) is 59.5. The number of aliphatic hydroxyl groups is 1. The molecule has 0 spiro atoms. The number of nitrogens with one attached hydrogen (secondary N) is 1. The Balaban J connectivity index is 4.09. The van der Waals surface area contributed by atoms with Crippen molar-refractivity contribution in [1.29, 1.82) is 0 Å². The quantitative estimate of drug-likeness (QED) is 0.0243. The van der Waals surface area contributed by atoms with Crippen LogP contribution >= 0.6 is 7.82 Å². The van der Waals surface area contributed by atoms with Gasteiger partial charge >= 0.3 is 7.82 Å². The zero-order chi connectivity index (χ0) is 47.1. The van der Waals surface area contributed by atoms with Crippen LogP contribution in [0, 0.1) is 0 Å². The minimum atomic E-state index is -4.34. The molecular formula is C55H108N2O6P+. The van der Waals surface area contributed by atoms with E-state index in [1.54, 1.807) is 6.08 Å². The number of amides is 1. The third-order valence-corrected chi connectivity index (χ3v) is 13.3. The second-order valence-electron chi connectivity index (χ2n) is 20.0. The van der Waals surface area contributed by atoms with E-state index in [-0.39, 0.29) is 19.1 Å². The van der Waals surface area contributed by atoms with Gasteiger partial charge in [-0.15, -0.1) is 0 Å². The Morgan fingerprint density at radius 1 is 0.531 bits per heavy atom. The van der Waals surface area contributed by atoms with Gasteiger partial charge in [0.25, 0.3) is 0 Å². The van der Waals surface area contributed by atoms with Crippen molar-refractivity contribution in [1.82, 2.24) is 5.32 Å². The highest BCUT2D eigenvalue weighted by Gasteiger charge is 2.27. The van der Waals surface area contributed by atoms with Crippen molar-refractivity contribution < 1.29 is 32.9 Å². The number of likely N-dealkylation sites (N-methyl/N-ethyl adjacent to an activating group) is 1. The van der Waals surface area contributed by atoms with Crippen molar-refractivity contribution in [2.75, 3.05) is 40.9 Å². The lowest BCUT2D eigenvalue weighted by molar-refractivity contribution is -0.870. The van der Waals surface area contributed by atoms with Gasteiger partial charge in [0.1, 0.15) is 13.2 Å². The van der Waals surface area contributed by atoms with Gasteiger partial charge < -0.3 is 19.8 Å². The van der Waals surface area contributed by atoms with Gasteiger partial charge in [-0.25, -0.2) is 4.57 Å². The van der Waals surface area contributed by atoms with E-state index in [2.05, 4.69) is 43.5 Å². The number of hydrogen-bond donors (Lipinski definition) is 3. The van der Waals surface area contributed by atoms with E-state index in [1.165, 1.54) is 193 Å². The summed E-state index contributed by atoms with van der Waals surface area (Å²) >= 11 is 0. The minimum absolute atomic E-state index is 0.0626. The topological polar surface area (TPSA) is 105 Å². The lowest BCUT2D eigenvalue weighted by Gasteiger charge is -2.25. The molecule has 0 heterocycles. The molecule has 0 fully saturated rings. The van der Waals surface area contributed by atoms with E-state index in [0.29, 0.717) is 17.4 Å². The number of nitrogens with zero attached hydrogens (tertiary/aromatic N) is 1. The molecule has 9 heteroatoms. The van der Waals surface area contributed by atoms with Gasteiger partial charge in [0.15, 0.2) is 0 Å². The van der Waals surface area contributed by atoms with Crippen LogP contribution in [0.2, 0.25) is 0 Å². The summed E-state index contributed by atoms with van der Waals surface area (Å²) in [4.78, 5) is 23.2. The van der Waals surface area contributed by atoms with Gasteiger partial charge in [-0.2, -0.15) is 0 Å². The maximum absolute atomic E-state index is 12.9. The number of quaternary nitrogens is 1. The van der Waals surface area contributed by atoms with Crippen LogP contribution in [0.5, 0.6) is 0 Å². The molecule has 0 aliphatic carbocycles. The van der Waals surface area contributed by atoms with Crippen LogP contribution < -0.4 is 5.32 Å². The van der Waals surface area contributed by atoms with Gasteiger partial charge in [0, 0.05) is 6.42 Å². The van der Waals surface area contributed by atoms with E-state index in [1.807, 2.05) is 27.2 Å². The van der Waals surface area contributed by atoms with E-state index in [4.69, 9.17) is 9.05 Å². The van der Waals surface area contributed by atoms with E-state index >= 15 is 0 Å². The van der Waals surface area contributed by atoms with Crippen molar-refractivity contribution in [3.8, 4) is 0 Å². The molecule has 0 bridgehead atoms. The van der Waals surface area contributed by atoms with Crippen molar-refractivity contribution in [3.05, 3.63) is 36.5 Å². The minimum Gasteiger partial charge on any atom is -0.387 e. The molecule has 0 aliphatic rings. The Bertz CT molecular complexity index is 1140. The Morgan fingerprint density at radius 3 is 1.28 bits per heavy atom. The zero-order valence-corrected chi connectivity index (χ0v) is 43.9. The van der Waals surface area contributed by atoms with Crippen LogP contribution in [-0.2, 0) is 18.4 Å². The lowest BCUT2D eigenvalue weighted by Crippen LogP contribution is -2.45. The molecule has 3 N–H and O–H groups in total. The molecule has 0 saturated carbocycles. The lowest BCUT2D eigenvalue weighted by atomic mass is 10.0. The molecular weight excluding hydrogens is 816 g/mol. The summed E-state index contributed by atoms with van der Waals surface area (Å²) in [6, 6.07) is -0.844. The molecule has 3 atom stereocenters. The van der Waals surface area contributed by atoms with Crippen LogP contribution in [-0.4, -0.2) is 73.4 Å². The summed E-state index contributed by atoms with van der Waals surface area (Å²) in [5.74, 6) is -0.175. The second-order valence-corrected chi connectivity index (χ2v) is 21.4. The average Bonchev–Trinajstić information content (AvgIpc) is 3.25. The Labute approximate surface area is 397 Å². The molecule has 0 aromatic carbocycles. The molecule has 378 valence electrons. The predicted molar refractivity (Wildman–Crippen MR) is 277 cm³/mol. The largest absolute Gasteiger partial charge is 0.472 e. The number of carbonyl (C=O) groups excluding carboxylic acids is 1. The number of carbonyl (C=O) groups is 1. The first-order valence-electron chi connectivity index (χ1n) is 27.4. The number of aliphatic hydroxyl groups excluding tert-OH is 1. The number of phosphoric ester groups is 1. The molecule has 8 nitrogen and oxygen atoms in total. The highest BCUT2D eigenvalue weighted by atomic mass is 31.2. The molecule has 0 aliphatic heterocycles. The predicted octanol–water partition coefficient (Wildman–Crippen LogP) is 16.2.